The molecule has 0 aromatic rings. The highest BCUT2D eigenvalue weighted by atomic mass is 16.8. The quantitative estimate of drug-likeness (QED) is 0.0611. The Morgan fingerprint density at radius 1 is 0.548 bits per heavy atom. The van der Waals surface area contributed by atoms with Gasteiger partial charge >= 0.3 is 5.97 Å². The minimum atomic E-state index is -1.65. The summed E-state index contributed by atoms with van der Waals surface area (Å²) in [5, 5.41) is 96.6. The molecule has 0 spiro atoms. The maximum absolute atomic E-state index is 11.9. The molecular weight excluding hydrogens is 969 g/mol. The minimum Gasteiger partial charge on any atom is -0.481 e. The van der Waals surface area contributed by atoms with Crippen LogP contribution in [0.3, 0.4) is 0 Å². The summed E-state index contributed by atoms with van der Waals surface area (Å²) in [5.41, 5.74) is 0. The highest BCUT2D eigenvalue weighted by Gasteiger charge is 2.51. The van der Waals surface area contributed by atoms with Crippen LogP contribution in [0, 0.1) is 5.92 Å². The molecule has 0 bridgehead atoms. The molecule has 6 rings (SSSR count). The van der Waals surface area contributed by atoms with E-state index in [1.54, 1.807) is 20.8 Å². The Bertz CT molecular complexity index is 1570. The second-order valence-electron chi connectivity index (χ2n) is 21.2. The first-order valence-corrected chi connectivity index (χ1v) is 26.7. The fraction of sp³-hybridized carbons (Fsp3) is 0.980. The summed E-state index contributed by atoms with van der Waals surface area (Å²) in [7, 11) is 1.53. The van der Waals surface area contributed by atoms with Crippen molar-refractivity contribution in [2.24, 2.45) is 5.92 Å². The Morgan fingerprint density at radius 2 is 1.11 bits per heavy atom. The van der Waals surface area contributed by atoms with Gasteiger partial charge in [-0.2, -0.15) is 0 Å². The van der Waals surface area contributed by atoms with Gasteiger partial charge in [0.15, 0.2) is 37.7 Å². The molecule has 27 unspecified atom stereocenters. The van der Waals surface area contributed by atoms with Crippen LogP contribution in [-0.2, 0) is 66.4 Å². The van der Waals surface area contributed by atoms with Crippen molar-refractivity contribution in [3.63, 3.8) is 0 Å². The number of aliphatic carboxylic acids is 1. The molecular formula is C50H88O23. The number of unbranched alkanes of at least 4 members (excludes halogenated alkanes) is 2. The van der Waals surface area contributed by atoms with Crippen LogP contribution < -0.4 is 0 Å². The third-order valence-electron chi connectivity index (χ3n) is 15.1. The van der Waals surface area contributed by atoms with Crippen LogP contribution in [0.5, 0.6) is 0 Å². The van der Waals surface area contributed by atoms with Crippen molar-refractivity contribution in [1.29, 1.82) is 0 Å². The zero-order chi connectivity index (χ0) is 53.3. The van der Waals surface area contributed by atoms with E-state index in [2.05, 4.69) is 6.92 Å². The number of rotatable bonds is 24. The van der Waals surface area contributed by atoms with Gasteiger partial charge in [0, 0.05) is 39.2 Å². The maximum atomic E-state index is 11.9. The molecule has 0 aliphatic carbocycles. The first-order chi connectivity index (χ1) is 34.6. The average molecular weight is 1060 g/mol. The van der Waals surface area contributed by atoms with Crippen molar-refractivity contribution in [1.82, 2.24) is 0 Å². The van der Waals surface area contributed by atoms with Gasteiger partial charge in [-0.15, -0.1) is 0 Å². The number of carboxylic acids is 1. The summed E-state index contributed by atoms with van der Waals surface area (Å²) in [5.74, 6) is -1.17. The SMILES string of the molecule is CCCCCC(CCCC(O)CC(=O)O)OC1OC(COC2OC(C)C(OC3CC(O)C(O)C(C)O3)CC2O)C(O)C(O)C1OC1CC(O)C(OC2CC(C)C(OC3CC(O)C(OC)C(C)O3)C(C)O2)C(C)O1. The number of hydrogen-bond acceptors (Lipinski definition) is 22. The van der Waals surface area contributed by atoms with Crippen LogP contribution >= 0.6 is 0 Å². The van der Waals surface area contributed by atoms with Crippen LogP contribution in [-0.4, -0.2) is 225 Å². The summed E-state index contributed by atoms with van der Waals surface area (Å²) in [6.45, 7) is 12.5. The Balaban J connectivity index is 1.08. The fourth-order valence-corrected chi connectivity index (χ4v) is 10.9. The number of carbonyl (C=O) groups is 1. The summed E-state index contributed by atoms with van der Waals surface area (Å²) in [6, 6.07) is 0. The summed E-state index contributed by atoms with van der Waals surface area (Å²) >= 11 is 0. The summed E-state index contributed by atoms with van der Waals surface area (Å²) in [6.07, 6.45) is -19.3. The summed E-state index contributed by atoms with van der Waals surface area (Å²) in [4.78, 5) is 11.2. The molecule has 9 N–H and O–H groups in total. The van der Waals surface area contributed by atoms with Gasteiger partial charge in [0.2, 0.25) is 0 Å². The topological polar surface area (TPSA) is 319 Å². The predicted molar refractivity (Wildman–Crippen MR) is 252 cm³/mol. The van der Waals surface area contributed by atoms with Gasteiger partial charge in [0.05, 0.1) is 86.3 Å². The van der Waals surface area contributed by atoms with Gasteiger partial charge in [-0.05, 0) is 66.2 Å². The molecule has 0 amide bonds. The zero-order valence-corrected chi connectivity index (χ0v) is 43.7. The molecule has 23 heteroatoms. The zero-order valence-electron chi connectivity index (χ0n) is 43.7. The third kappa shape index (κ3) is 16.8. The normalized spacial score (nSPS) is 45.7. The van der Waals surface area contributed by atoms with Crippen molar-refractivity contribution in [3.8, 4) is 0 Å². The largest absolute Gasteiger partial charge is 0.481 e. The lowest BCUT2D eigenvalue weighted by atomic mass is 9.93. The summed E-state index contributed by atoms with van der Waals surface area (Å²) < 4.78 is 79.8. The first kappa shape index (κ1) is 60.9. The van der Waals surface area contributed by atoms with Crippen LogP contribution in [0.25, 0.3) is 0 Å². The van der Waals surface area contributed by atoms with Gasteiger partial charge in [-0.3, -0.25) is 4.79 Å². The van der Waals surface area contributed by atoms with E-state index in [1.807, 2.05) is 20.8 Å². The number of carboxylic acid groups (broad SMARTS) is 1. The first-order valence-electron chi connectivity index (χ1n) is 26.7. The lowest BCUT2D eigenvalue weighted by Crippen LogP contribution is -2.62. The minimum absolute atomic E-state index is 0.0273. The Hall–Kier alpha value is -1.37. The van der Waals surface area contributed by atoms with E-state index in [4.69, 9.17) is 61.6 Å². The standard InChI is InChI=1S/C50H88O23/c1-9-10-11-14-30(15-12-13-29(51)17-37(56)57)68-50-48(44(60)43(59)36(70-50)22-62-49-34(55)18-35(24(3)67-49)69-39-19-31(52)42(58)25(4)63-39)73-41-21-33(54)47(28(7)66-41)72-38-16-23(2)45(26(5)64-38)71-40-20-32(53)46(61-8)27(6)65-40/h23-36,38-55,58-60H,9-22H2,1-8H3,(H,56,57). The number of methoxy groups -OCH3 is 1. The molecule has 6 aliphatic heterocycles. The fourth-order valence-electron chi connectivity index (χ4n) is 10.9. The molecule has 0 aromatic carbocycles. The highest BCUT2D eigenvalue weighted by Crippen LogP contribution is 2.37. The highest BCUT2D eigenvalue weighted by molar-refractivity contribution is 5.67. The molecule has 73 heavy (non-hydrogen) atoms. The van der Waals surface area contributed by atoms with E-state index in [9.17, 15) is 50.8 Å². The van der Waals surface area contributed by atoms with Crippen molar-refractivity contribution in [2.45, 2.75) is 292 Å². The van der Waals surface area contributed by atoms with Crippen molar-refractivity contribution in [2.75, 3.05) is 13.7 Å². The average Bonchev–Trinajstić information content (AvgIpc) is 3.31. The van der Waals surface area contributed by atoms with E-state index in [1.165, 1.54) is 7.11 Å². The third-order valence-corrected chi connectivity index (χ3v) is 15.1. The Labute approximate surface area is 428 Å². The lowest BCUT2D eigenvalue weighted by molar-refractivity contribution is -0.368. The van der Waals surface area contributed by atoms with Crippen LogP contribution in [0.4, 0.5) is 0 Å². The van der Waals surface area contributed by atoms with Gasteiger partial charge in [-0.1, -0.05) is 33.1 Å². The molecule has 6 aliphatic rings. The van der Waals surface area contributed by atoms with E-state index in [-0.39, 0.29) is 56.8 Å². The Kier molecular flexibility index (Phi) is 23.8. The predicted octanol–water partition coefficient (Wildman–Crippen LogP) is 1.09. The monoisotopic (exact) mass is 1060 g/mol. The number of hydrogen-bond donors (Lipinski definition) is 9. The van der Waals surface area contributed by atoms with Crippen molar-refractivity contribution >= 4 is 5.97 Å². The molecule has 0 aromatic heterocycles. The smallest absolute Gasteiger partial charge is 0.305 e. The van der Waals surface area contributed by atoms with Crippen LogP contribution in [0.1, 0.15) is 132 Å². The van der Waals surface area contributed by atoms with E-state index >= 15 is 0 Å². The van der Waals surface area contributed by atoms with Crippen molar-refractivity contribution < 1.29 is 112 Å². The van der Waals surface area contributed by atoms with Crippen LogP contribution in [0.15, 0.2) is 0 Å². The van der Waals surface area contributed by atoms with Crippen molar-refractivity contribution in [3.05, 3.63) is 0 Å². The van der Waals surface area contributed by atoms with Crippen LogP contribution in [0.2, 0.25) is 0 Å². The number of aliphatic hydroxyl groups excluding tert-OH is 8. The Morgan fingerprint density at radius 3 is 1.71 bits per heavy atom. The van der Waals surface area contributed by atoms with Gasteiger partial charge in [-0.25, -0.2) is 0 Å². The second kappa shape index (κ2) is 28.5. The van der Waals surface area contributed by atoms with Gasteiger partial charge < -0.3 is 108 Å². The molecule has 0 saturated carbocycles. The van der Waals surface area contributed by atoms with E-state index in [0.29, 0.717) is 25.7 Å². The molecule has 23 nitrogen and oxygen atoms in total. The molecule has 6 heterocycles. The molecule has 0 radical (unpaired) electrons. The maximum Gasteiger partial charge on any atom is 0.305 e. The molecule has 6 saturated heterocycles. The second-order valence-corrected chi connectivity index (χ2v) is 21.2. The molecule has 6 fully saturated rings. The van der Waals surface area contributed by atoms with Gasteiger partial charge in [0.1, 0.15) is 48.8 Å². The lowest BCUT2D eigenvalue weighted by Gasteiger charge is -2.47. The molecule has 426 valence electrons. The van der Waals surface area contributed by atoms with E-state index < -0.39 is 160 Å². The number of ether oxygens (including phenoxy) is 13. The molecule has 27 atom stereocenters. The van der Waals surface area contributed by atoms with E-state index in [0.717, 1.165) is 19.3 Å². The van der Waals surface area contributed by atoms with Gasteiger partial charge in [0.25, 0.3) is 0 Å². The number of aliphatic hydroxyl groups is 8.